The number of aromatic nitrogens is 4. The van der Waals surface area contributed by atoms with Crippen LogP contribution in [0, 0.1) is 0 Å². The second kappa shape index (κ2) is 9.08. The largest absolute Gasteiger partial charge is 0.497 e. The third-order valence-electron chi connectivity index (χ3n) is 6.59. The van der Waals surface area contributed by atoms with Crippen LogP contribution in [-0.4, -0.2) is 57.4 Å². The Hall–Kier alpha value is -3.43. The Bertz CT molecular complexity index is 1280. The fourth-order valence-corrected chi connectivity index (χ4v) is 4.77. The number of nitrogens with zero attached hydrogens (tertiary/aromatic N) is 5. The van der Waals surface area contributed by atoms with Crippen LogP contribution in [0.1, 0.15) is 29.5 Å². The van der Waals surface area contributed by atoms with E-state index in [1.54, 1.807) is 17.9 Å². The first kappa shape index (κ1) is 21.1. The van der Waals surface area contributed by atoms with E-state index in [2.05, 4.69) is 22.3 Å². The van der Waals surface area contributed by atoms with Crippen LogP contribution in [0.5, 0.6) is 5.75 Å². The lowest BCUT2D eigenvalue weighted by atomic mass is 9.99. The molecule has 2 aliphatic rings. The lowest BCUT2D eigenvalue weighted by molar-refractivity contribution is 0.120. The summed E-state index contributed by atoms with van der Waals surface area (Å²) in [4.78, 5) is 12.0. The van der Waals surface area contributed by atoms with Gasteiger partial charge in [0, 0.05) is 44.5 Å². The molecule has 1 aromatic carbocycles. The first-order chi connectivity index (χ1) is 16.8. The van der Waals surface area contributed by atoms with Gasteiger partial charge in [-0.2, -0.15) is 4.52 Å². The quantitative estimate of drug-likeness (QED) is 0.448. The van der Waals surface area contributed by atoms with E-state index in [9.17, 15) is 0 Å². The summed E-state index contributed by atoms with van der Waals surface area (Å²) in [5.74, 6) is 2.74. The van der Waals surface area contributed by atoms with Crippen LogP contribution in [-0.2, 0) is 24.2 Å². The fourth-order valence-electron chi connectivity index (χ4n) is 4.77. The van der Waals surface area contributed by atoms with Gasteiger partial charge in [0.05, 0.1) is 19.5 Å². The monoisotopic (exact) mass is 460 g/mol. The third kappa shape index (κ3) is 4.12. The molecule has 1 saturated heterocycles. The second-order valence-corrected chi connectivity index (χ2v) is 8.87. The Kier molecular flexibility index (Phi) is 5.64. The maximum absolute atomic E-state index is 5.75. The molecule has 176 valence electrons. The van der Waals surface area contributed by atoms with E-state index >= 15 is 0 Å². The molecule has 0 spiro atoms. The number of hydrogen-bond acceptors (Lipinski definition) is 8. The number of hydrogen-bond donors (Lipinski definition) is 1. The van der Waals surface area contributed by atoms with Gasteiger partial charge >= 0.3 is 0 Å². The Morgan fingerprint density at radius 2 is 2.21 bits per heavy atom. The summed E-state index contributed by atoms with van der Waals surface area (Å²) >= 11 is 0. The van der Waals surface area contributed by atoms with E-state index in [4.69, 9.17) is 29.0 Å². The average Bonchev–Trinajstić information content (AvgIpc) is 3.64. The molecule has 1 N–H and O–H groups in total. The SMILES string of the molecule is COc1ccc2c(c1)CN(Cc1cnc(NCC3CCCO3)n3nc(-c4ccco4)nc13)CC2. The van der Waals surface area contributed by atoms with Crippen molar-refractivity contribution in [3.63, 3.8) is 0 Å². The van der Waals surface area contributed by atoms with E-state index in [0.717, 1.165) is 62.5 Å². The summed E-state index contributed by atoms with van der Waals surface area (Å²) in [5.41, 5.74) is 4.51. The molecule has 0 saturated carbocycles. The van der Waals surface area contributed by atoms with Crippen LogP contribution < -0.4 is 10.1 Å². The smallest absolute Gasteiger partial charge is 0.226 e. The molecule has 0 radical (unpaired) electrons. The van der Waals surface area contributed by atoms with Gasteiger partial charge in [-0.15, -0.1) is 5.10 Å². The molecule has 3 aromatic heterocycles. The van der Waals surface area contributed by atoms with Crippen molar-refractivity contribution in [3.05, 3.63) is 59.5 Å². The van der Waals surface area contributed by atoms with Crippen molar-refractivity contribution in [2.45, 2.75) is 38.5 Å². The molecule has 5 heterocycles. The maximum Gasteiger partial charge on any atom is 0.226 e. The summed E-state index contributed by atoms with van der Waals surface area (Å²) in [6, 6.07) is 10.1. The highest BCUT2D eigenvalue weighted by atomic mass is 16.5. The van der Waals surface area contributed by atoms with Crippen LogP contribution in [0.3, 0.4) is 0 Å². The molecule has 0 bridgehead atoms. The molecule has 6 rings (SSSR count). The van der Waals surface area contributed by atoms with E-state index in [1.807, 2.05) is 24.4 Å². The van der Waals surface area contributed by atoms with Crippen molar-refractivity contribution in [1.29, 1.82) is 0 Å². The number of fused-ring (bicyclic) bond motifs is 2. The van der Waals surface area contributed by atoms with Gasteiger partial charge in [0.15, 0.2) is 11.4 Å². The van der Waals surface area contributed by atoms with Crippen molar-refractivity contribution in [1.82, 2.24) is 24.5 Å². The first-order valence-corrected chi connectivity index (χ1v) is 11.8. The van der Waals surface area contributed by atoms with Gasteiger partial charge in [0.2, 0.25) is 11.8 Å². The standard InChI is InChI=1S/C25H28N6O3/c1-32-20-7-6-17-8-9-30(15-18(17)12-20)16-19-13-26-25(27-14-21-4-2-10-33-21)31-24(19)28-23(29-31)22-5-3-11-34-22/h3,5-7,11-13,21H,2,4,8-10,14-16H2,1H3,(H,26,27). The van der Waals surface area contributed by atoms with E-state index < -0.39 is 0 Å². The van der Waals surface area contributed by atoms with Gasteiger partial charge in [-0.25, -0.2) is 9.97 Å². The second-order valence-electron chi connectivity index (χ2n) is 8.87. The van der Waals surface area contributed by atoms with Crippen LogP contribution in [0.2, 0.25) is 0 Å². The molecule has 1 unspecified atom stereocenters. The summed E-state index contributed by atoms with van der Waals surface area (Å²) in [6.07, 6.45) is 6.92. The molecule has 2 aliphatic heterocycles. The minimum Gasteiger partial charge on any atom is -0.497 e. The molecule has 4 aromatic rings. The molecular weight excluding hydrogens is 432 g/mol. The minimum atomic E-state index is 0.204. The number of anilines is 1. The highest BCUT2D eigenvalue weighted by Gasteiger charge is 2.22. The number of ether oxygens (including phenoxy) is 2. The molecule has 34 heavy (non-hydrogen) atoms. The normalized spacial score (nSPS) is 18.3. The predicted molar refractivity (Wildman–Crippen MR) is 127 cm³/mol. The summed E-state index contributed by atoms with van der Waals surface area (Å²) in [6.45, 7) is 4.09. The summed E-state index contributed by atoms with van der Waals surface area (Å²) < 4.78 is 18.5. The summed E-state index contributed by atoms with van der Waals surface area (Å²) in [5, 5.41) is 8.13. The van der Waals surface area contributed by atoms with Crippen molar-refractivity contribution in [3.8, 4) is 17.3 Å². The highest BCUT2D eigenvalue weighted by molar-refractivity contribution is 5.58. The van der Waals surface area contributed by atoms with Gasteiger partial charge < -0.3 is 19.2 Å². The van der Waals surface area contributed by atoms with Crippen molar-refractivity contribution in [2.24, 2.45) is 0 Å². The maximum atomic E-state index is 5.75. The van der Waals surface area contributed by atoms with Crippen molar-refractivity contribution in [2.75, 3.05) is 32.1 Å². The first-order valence-electron chi connectivity index (χ1n) is 11.8. The Morgan fingerprint density at radius 1 is 1.24 bits per heavy atom. The molecule has 1 fully saturated rings. The van der Waals surface area contributed by atoms with E-state index in [-0.39, 0.29) is 6.10 Å². The topological polar surface area (TPSA) is 90.0 Å². The number of benzene rings is 1. The Labute approximate surface area is 197 Å². The van der Waals surface area contributed by atoms with E-state index in [0.29, 0.717) is 24.1 Å². The number of furan rings is 1. The molecule has 9 nitrogen and oxygen atoms in total. The average molecular weight is 461 g/mol. The Morgan fingerprint density at radius 3 is 3.03 bits per heavy atom. The van der Waals surface area contributed by atoms with Gasteiger partial charge in [0.25, 0.3) is 0 Å². The van der Waals surface area contributed by atoms with Crippen molar-refractivity contribution < 1.29 is 13.9 Å². The van der Waals surface area contributed by atoms with Gasteiger partial charge in [-0.3, -0.25) is 4.90 Å². The molecule has 9 heteroatoms. The number of nitrogens with one attached hydrogen (secondary N) is 1. The number of rotatable bonds is 7. The third-order valence-corrected chi connectivity index (χ3v) is 6.59. The molecular formula is C25H28N6O3. The Balaban J connectivity index is 1.29. The van der Waals surface area contributed by atoms with Crippen LogP contribution in [0.15, 0.2) is 47.2 Å². The minimum absolute atomic E-state index is 0.204. The molecule has 0 aliphatic carbocycles. The predicted octanol–water partition coefficient (Wildman–Crippen LogP) is 3.54. The number of methoxy groups -OCH3 is 1. The fraction of sp³-hybridized carbons (Fsp3) is 0.400. The molecule has 0 amide bonds. The van der Waals surface area contributed by atoms with Crippen molar-refractivity contribution >= 4 is 11.6 Å². The van der Waals surface area contributed by atoms with E-state index in [1.165, 1.54) is 11.1 Å². The van der Waals surface area contributed by atoms with Gasteiger partial charge in [-0.1, -0.05) is 6.07 Å². The lowest BCUT2D eigenvalue weighted by Gasteiger charge is -2.29. The van der Waals surface area contributed by atoms with Gasteiger partial charge in [-0.05, 0) is 54.7 Å². The van der Waals surface area contributed by atoms with Crippen LogP contribution in [0.4, 0.5) is 5.95 Å². The zero-order valence-electron chi connectivity index (χ0n) is 19.2. The highest BCUT2D eigenvalue weighted by Crippen LogP contribution is 2.27. The van der Waals surface area contributed by atoms with Crippen LogP contribution >= 0.6 is 0 Å². The molecule has 1 atom stereocenters. The lowest BCUT2D eigenvalue weighted by Crippen LogP contribution is -2.30. The zero-order chi connectivity index (χ0) is 22.9. The van der Waals surface area contributed by atoms with Crippen LogP contribution in [0.25, 0.3) is 17.2 Å². The zero-order valence-corrected chi connectivity index (χ0v) is 19.2. The van der Waals surface area contributed by atoms with Gasteiger partial charge in [0.1, 0.15) is 5.75 Å². The summed E-state index contributed by atoms with van der Waals surface area (Å²) in [7, 11) is 1.71.